The van der Waals surface area contributed by atoms with E-state index in [2.05, 4.69) is 66.8 Å². The van der Waals surface area contributed by atoms with E-state index in [-0.39, 0.29) is 183 Å². The van der Waals surface area contributed by atoms with Gasteiger partial charge in [0.15, 0.2) is 5.78 Å². The van der Waals surface area contributed by atoms with Crippen molar-refractivity contribution >= 4 is 174 Å². The Bertz CT molecular complexity index is 3680. The quantitative estimate of drug-likeness (QED) is 0.00397. The molecule has 0 bridgehead atoms. The molecule has 28 heteroatoms. The molecule has 0 spiro atoms. The van der Waals surface area contributed by atoms with Crippen molar-refractivity contribution < 1.29 is 116 Å². The second kappa shape index (κ2) is 71.8. The van der Waals surface area contributed by atoms with Crippen molar-refractivity contribution in [3.8, 4) is 0 Å². The fourth-order valence-electron chi connectivity index (χ4n) is 10.2. The molecule has 1 unspecified atom stereocenters. The van der Waals surface area contributed by atoms with Gasteiger partial charge in [-0.2, -0.15) is 32.0 Å². The Labute approximate surface area is 795 Å². The van der Waals surface area contributed by atoms with Gasteiger partial charge in [-0.1, -0.05) is 182 Å². The molecule has 6 saturated carbocycles. The van der Waals surface area contributed by atoms with E-state index in [1.807, 2.05) is 120 Å². The zero-order valence-electron chi connectivity index (χ0n) is 74.5. The van der Waals surface area contributed by atoms with E-state index in [1.54, 1.807) is 38.2 Å². The zero-order chi connectivity index (χ0) is 82.2. The molecular weight excluding hydrogens is 1690 g/mol. The second-order valence-corrected chi connectivity index (χ2v) is 37.4. The van der Waals surface area contributed by atoms with Gasteiger partial charge in [-0.25, -0.2) is 27.8 Å². The van der Waals surface area contributed by atoms with E-state index in [0.717, 1.165) is 103 Å². The summed E-state index contributed by atoms with van der Waals surface area (Å²) in [4.78, 5) is 71.0. The molecule has 6 aromatic carbocycles. The van der Waals surface area contributed by atoms with Crippen LogP contribution in [0.1, 0.15) is 202 Å². The molecule has 6 aliphatic rings. The predicted octanol–water partition coefficient (Wildman–Crippen LogP) is 13.3. The van der Waals surface area contributed by atoms with E-state index < -0.39 is 32.9 Å². The number of esters is 3. The average Bonchev–Trinajstić information content (AvgIpc) is 1.75. The van der Waals surface area contributed by atoms with E-state index in [0.29, 0.717) is 62.2 Å². The number of hydrogen-bond acceptors (Lipinski definition) is 15. The Morgan fingerprint density at radius 2 is 1.03 bits per heavy atom. The number of methoxy groups -OCH3 is 1. The summed E-state index contributed by atoms with van der Waals surface area (Å²) in [5.74, 6) is 4.70. The summed E-state index contributed by atoms with van der Waals surface area (Å²) in [6.07, 6.45) is 27.7. The number of allylic oxidation sites excluding steroid dienone is 1. The Kier molecular flexibility index (Phi) is 75.6. The third-order valence-corrected chi connectivity index (χ3v) is 24.5. The third kappa shape index (κ3) is 56.2. The Hall–Kier alpha value is -4.48. The van der Waals surface area contributed by atoms with Crippen LogP contribution in [0.15, 0.2) is 158 Å². The van der Waals surface area contributed by atoms with E-state index in [1.165, 1.54) is 119 Å². The first-order chi connectivity index (χ1) is 53.2. The smallest absolute Gasteiger partial charge is 1.00 e. The fourth-order valence-corrected chi connectivity index (χ4v) is 14.8. The van der Waals surface area contributed by atoms with Crippen LogP contribution in [0, 0.1) is 65.4 Å². The van der Waals surface area contributed by atoms with Gasteiger partial charge in [0.05, 0.1) is 44.4 Å². The number of aliphatic hydroxyl groups excluding tert-OH is 1. The van der Waals surface area contributed by atoms with Crippen LogP contribution in [0.25, 0.3) is 0 Å². The number of hydrogen-bond donors (Lipinski definition) is 3. The number of carbonyl (C=O) groups is 6. The van der Waals surface area contributed by atoms with E-state index in [4.69, 9.17) is 30.5 Å². The van der Waals surface area contributed by atoms with Gasteiger partial charge in [-0.15, -0.1) is 35.5 Å². The number of anilines is 3. The van der Waals surface area contributed by atoms with Crippen LogP contribution in [0.5, 0.6) is 0 Å². The molecule has 0 saturated heterocycles. The van der Waals surface area contributed by atoms with Crippen LogP contribution in [-0.4, -0.2) is 169 Å². The largest absolute Gasteiger partial charge is 2.00 e. The summed E-state index contributed by atoms with van der Waals surface area (Å²) in [6, 6.07) is 47.0. The SMILES string of the molecule is Br.C.CCOC.CCOC(=O)/C=C/C1CC1.CCOC(=O)C=P(c1ccccc1)(c1ccccc1)c1ccccc1.CCOC(=O)CCC1CC1.CN(c1c[c-]ccc1F)[Si](C)(C)C.CON(C)C(=O)CCC1CC1.C[CH-]C.Cl.Nc1cc(C(=O)CCC2CC2)ccc1F.Nc1cc(C(O)CCC2CC2)ccc1F.O=CC1CC1.[B].[Cl-].[H-].[H-].[Mg+2].[Mg+2].[Na+]. The Morgan fingerprint density at radius 1 is 0.613 bits per heavy atom. The van der Waals surface area contributed by atoms with Crippen molar-refractivity contribution in [2.24, 2.45) is 35.5 Å². The number of amides is 1. The van der Waals surface area contributed by atoms with Gasteiger partial charge in [-0.3, -0.25) is 19.2 Å². The van der Waals surface area contributed by atoms with Gasteiger partial charge in [0.1, 0.15) is 26.2 Å². The van der Waals surface area contributed by atoms with Crippen molar-refractivity contribution in [3.05, 3.63) is 199 Å². The summed E-state index contributed by atoms with van der Waals surface area (Å²) < 4.78 is 60.4. The minimum atomic E-state index is -2.24. The number of Topliss-reactive ketones (excluding diaryl/α,β-unsaturated/α-hetero) is 1. The van der Waals surface area contributed by atoms with Crippen molar-refractivity contribution in [2.75, 3.05) is 70.8 Å². The topological polar surface area (TPSA) is 227 Å². The molecule has 3 radical (unpaired) electrons. The number of carbonyl (C=O) groups excluding carboxylic acids is 6. The van der Waals surface area contributed by atoms with Gasteiger partial charge in [0.25, 0.3) is 0 Å². The van der Waals surface area contributed by atoms with Crippen LogP contribution in [0.2, 0.25) is 19.6 Å². The molecule has 6 fully saturated rings. The van der Waals surface area contributed by atoms with Gasteiger partial charge in [0, 0.05) is 77.6 Å². The second-order valence-electron chi connectivity index (χ2n) is 29.1. The number of ether oxygens (including phenoxy) is 4. The molecule has 0 aliphatic heterocycles. The van der Waals surface area contributed by atoms with Crippen LogP contribution < -0.4 is 73.9 Å². The van der Waals surface area contributed by atoms with Crippen LogP contribution in [0.4, 0.5) is 30.2 Å². The standard InChI is InChI=1S/C22H21O2P.C12H16FNO.C12H14FNO.C10H15FNSi.C8H15NO2.C8H14O2.C8H12O2.C4H6O.C3H8O.C3H7.CH4.B.BrH.2ClH.2Mg.Na.2H/c1-2-24-22(23)18-25(19-12-6-3-7-13-19,20-14-8-4-9-15-20)21-16-10-5-11-17-21;2*13-10-5-4-9(7-11(10)14)12(15)6-3-8-1-2-8;1-12(13(2,3)4)10-8-6-5-7-9(10)11;1-9(11-2)8(10)6-5-7-3-4-7;2*1-2-10-8(9)6-5-7-3-4-7;5-3-4-1-2-4;1-3-4-2;1-3-2;;;;;;;;;;/h3-18H,2H2,1H3;4-5,7-8,12,15H,1-3,6,14H2;4-5,7-8H,1-3,6,14H2;5,7-8H,1-4H3;7H,3-6H2,1-2H3;7H,2-6H2,1H3;5-7H,2-4H2,1H3;3-4H,1-2H2;3H2,1-2H3;3H,1-2H3;1H4;;3*1H;;;;;/q;;;-1;;;;;;-1;;;;;;2*+2;+1;2*-1/p-1/b;;;;;;6-5+;;;;;;;;;;;;;. The number of nitrogens with zero attached hydrogens (tertiary/aromatic N) is 2. The van der Waals surface area contributed by atoms with Crippen molar-refractivity contribution in [1.29, 1.82) is 0 Å². The maximum absolute atomic E-state index is 13.3. The summed E-state index contributed by atoms with van der Waals surface area (Å²) in [6.45, 7) is 17.9. The number of benzene rings is 6. The molecular formula is C91H136BBrCl2F3Mg2N4NaO12PSi. The Balaban J connectivity index is -0.000000201. The van der Waals surface area contributed by atoms with Crippen molar-refractivity contribution in [2.45, 2.75) is 203 Å². The van der Waals surface area contributed by atoms with Crippen LogP contribution in [0.3, 0.4) is 0 Å². The number of aliphatic hydroxyl groups is 1. The maximum Gasteiger partial charge on any atom is 2.00 e. The first kappa shape index (κ1) is 125. The normalized spacial score (nSPS) is 13.5. The minimum absolute atomic E-state index is 0. The number of hydroxylamine groups is 2. The van der Waals surface area contributed by atoms with Gasteiger partial charge < -0.3 is 66.6 Å². The molecule has 1 atom stereocenters. The fraction of sp³-hybridized carbons (Fsp3) is 0.495. The first-order valence-corrected chi connectivity index (χ1v) is 44.8. The molecule has 12 rings (SSSR count). The summed E-state index contributed by atoms with van der Waals surface area (Å²) in [7, 11) is 5.32. The van der Waals surface area contributed by atoms with Crippen LogP contribution >= 0.6 is 36.3 Å². The molecule has 6 aromatic rings. The molecule has 0 aromatic heterocycles. The van der Waals surface area contributed by atoms with Crippen LogP contribution in [-0.2, 0) is 47.8 Å². The van der Waals surface area contributed by atoms with E-state index in [9.17, 15) is 47.0 Å². The molecule has 119 heavy (non-hydrogen) atoms. The molecule has 6 aliphatic carbocycles. The summed E-state index contributed by atoms with van der Waals surface area (Å²) in [5, 5.41) is 14.5. The maximum atomic E-state index is 13.3. The van der Waals surface area contributed by atoms with Crippen molar-refractivity contribution in [1.82, 2.24) is 5.06 Å². The molecule has 651 valence electrons. The number of halogens is 6. The molecule has 1 amide bonds. The molecule has 5 N–H and O–H groups in total. The molecule has 0 heterocycles. The van der Waals surface area contributed by atoms with Gasteiger partial charge in [0.2, 0.25) is 5.91 Å². The number of rotatable bonds is 28. The number of aldehydes is 1. The summed E-state index contributed by atoms with van der Waals surface area (Å²) in [5.41, 5.74) is 12.9. The summed E-state index contributed by atoms with van der Waals surface area (Å²) >= 11 is 0. The monoisotopic (exact) mass is 1820 g/mol. The zero-order valence-corrected chi connectivity index (χ0v) is 82.5. The van der Waals surface area contributed by atoms with Crippen molar-refractivity contribution in [3.63, 3.8) is 0 Å². The average molecular weight is 1830 g/mol. The minimum Gasteiger partial charge on any atom is -1.00 e. The van der Waals surface area contributed by atoms with E-state index >= 15 is 0 Å². The number of nitrogens with two attached hydrogens (primary N) is 2. The van der Waals surface area contributed by atoms with Gasteiger partial charge in [-0.05, 0) is 187 Å². The predicted molar refractivity (Wildman–Crippen MR) is 494 cm³/mol. The number of ketones is 1. The Morgan fingerprint density at radius 3 is 1.39 bits per heavy atom. The third-order valence-electron chi connectivity index (χ3n) is 18.3. The first-order valence-electron chi connectivity index (χ1n) is 39.5. The molecule has 16 nitrogen and oxygen atoms in total. The van der Waals surface area contributed by atoms with Gasteiger partial charge >= 0.3 is 93.6 Å². The number of nitrogen functional groups attached to an aromatic ring is 2.